The SMILES string of the molecule is CC1(C)c2ccc(-c3ccc4ccccc4c3)cc2N2c3ccccc3Oc3cc(N(c4cccc(-c5ccccc5)c4)c4ccc5ccccc5c4)cc1c32. The topological polar surface area (TPSA) is 15.7 Å². The van der Waals surface area contributed by atoms with Crippen molar-refractivity contribution in [2.75, 3.05) is 9.80 Å². The van der Waals surface area contributed by atoms with E-state index in [0.29, 0.717) is 0 Å². The van der Waals surface area contributed by atoms with Crippen LogP contribution in [-0.2, 0) is 5.41 Å². The van der Waals surface area contributed by atoms with Gasteiger partial charge in [0, 0.05) is 22.9 Å². The number of rotatable bonds is 5. The highest BCUT2D eigenvalue weighted by molar-refractivity contribution is 5.98. The summed E-state index contributed by atoms with van der Waals surface area (Å²) < 4.78 is 6.95. The zero-order chi connectivity index (χ0) is 37.4. The van der Waals surface area contributed by atoms with E-state index in [1.807, 2.05) is 0 Å². The lowest BCUT2D eigenvalue weighted by Crippen LogP contribution is -2.32. The molecule has 0 amide bonds. The van der Waals surface area contributed by atoms with Crippen LogP contribution in [0.25, 0.3) is 43.8 Å². The van der Waals surface area contributed by atoms with E-state index in [1.165, 1.54) is 60.6 Å². The number of benzene rings is 9. The van der Waals surface area contributed by atoms with Crippen LogP contribution in [-0.4, -0.2) is 0 Å². The number of fused-ring (bicyclic) bond motifs is 6. The third-order valence-corrected chi connectivity index (χ3v) is 11.7. The number of para-hydroxylation sites is 2. The molecule has 9 aromatic rings. The van der Waals surface area contributed by atoms with Crippen LogP contribution in [0.15, 0.2) is 194 Å². The molecule has 0 fully saturated rings. The molecule has 0 unspecified atom stereocenters. The number of nitrogens with zero attached hydrogens (tertiary/aromatic N) is 2. The molecule has 11 rings (SSSR count). The highest BCUT2D eigenvalue weighted by atomic mass is 16.5. The minimum absolute atomic E-state index is 0.343. The first-order valence-corrected chi connectivity index (χ1v) is 19.3. The van der Waals surface area contributed by atoms with Crippen LogP contribution in [0.3, 0.4) is 0 Å². The molecule has 0 radical (unpaired) electrons. The monoisotopic (exact) mass is 718 g/mol. The summed E-state index contributed by atoms with van der Waals surface area (Å²) in [6, 6.07) is 70.2. The Morgan fingerprint density at radius 3 is 1.84 bits per heavy atom. The predicted octanol–water partition coefficient (Wildman–Crippen LogP) is 15.0. The van der Waals surface area contributed by atoms with E-state index in [1.54, 1.807) is 0 Å². The molecular formula is C53H38N2O. The molecule has 3 heteroatoms. The third kappa shape index (κ3) is 5.12. The van der Waals surface area contributed by atoms with E-state index in [9.17, 15) is 0 Å². The van der Waals surface area contributed by atoms with Gasteiger partial charge in [-0.25, -0.2) is 0 Å². The van der Waals surface area contributed by atoms with Crippen molar-refractivity contribution in [1.29, 1.82) is 0 Å². The zero-order valence-corrected chi connectivity index (χ0v) is 31.3. The Morgan fingerprint density at radius 2 is 1.02 bits per heavy atom. The summed E-state index contributed by atoms with van der Waals surface area (Å²) in [7, 11) is 0. The Bertz CT molecular complexity index is 3000. The average molecular weight is 719 g/mol. The van der Waals surface area contributed by atoms with Crippen molar-refractivity contribution >= 4 is 55.7 Å². The molecular weight excluding hydrogens is 681 g/mol. The van der Waals surface area contributed by atoms with Crippen LogP contribution in [0.5, 0.6) is 11.5 Å². The first kappa shape index (κ1) is 32.3. The maximum Gasteiger partial charge on any atom is 0.153 e. The maximum atomic E-state index is 6.95. The Hall–Kier alpha value is -7.10. The van der Waals surface area contributed by atoms with Gasteiger partial charge in [-0.05, 0) is 110 Å². The van der Waals surface area contributed by atoms with Crippen molar-refractivity contribution < 1.29 is 4.74 Å². The first-order valence-electron chi connectivity index (χ1n) is 19.3. The lowest BCUT2D eigenvalue weighted by molar-refractivity contribution is 0.471. The molecule has 0 saturated carbocycles. The number of hydrogen-bond acceptors (Lipinski definition) is 3. The standard InChI is InChI=1S/C53H38N2O/c1-53(2)46-28-26-42(41-24-23-36-15-6-8-17-38(36)29-41)32-49(46)55-48-21-10-11-22-50(48)56-51-34-45(33-47(53)52(51)55)54(44-27-25-37-16-7-9-18-39(37)31-44)43-20-12-19-40(30-43)35-13-4-3-5-14-35/h3-34H,1-2H3. The molecule has 2 aliphatic rings. The van der Waals surface area contributed by atoms with Crippen molar-refractivity contribution in [3.8, 4) is 33.8 Å². The van der Waals surface area contributed by atoms with Crippen LogP contribution < -0.4 is 14.5 Å². The van der Waals surface area contributed by atoms with Gasteiger partial charge in [-0.3, -0.25) is 0 Å². The predicted molar refractivity (Wildman–Crippen MR) is 234 cm³/mol. The van der Waals surface area contributed by atoms with E-state index >= 15 is 0 Å². The van der Waals surface area contributed by atoms with Gasteiger partial charge in [0.05, 0.1) is 22.7 Å². The van der Waals surface area contributed by atoms with Crippen LogP contribution in [0.2, 0.25) is 0 Å². The number of ether oxygens (including phenoxy) is 1. The molecule has 2 heterocycles. The van der Waals surface area contributed by atoms with Crippen molar-refractivity contribution in [1.82, 2.24) is 0 Å². The smallest absolute Gasteiger partial charge is 0.153 e. The summed E-state index contributed by atoms with van der Waals surface area (Å²) in [5.74, 6) is 1.68. The lowest BCUT2D eigenvalue weighted by atomic mass is 9.72. The Labute approximate surface area is 327 Å². The van der Waals surface area contributed by atoms with Crippen molar-refractivity contribution in [2.45, 2.75) is 19.3 Å². The van der Waals surface area contributed by atoms with Crippen molar-refractivity contribution in [3.05, 3.63) is 205 Å². The van der Waals surface area contributed by atoms with Gasteiger partial charge in [0.25, 0.3) is 0 Å². The van der Waals surface area contributed by atoms with Gasteiger partial charge in [-0.1, -0.05) is 147 Å². The third-order valence-electron chi connectivity index (χ3n) is 11.7. The molecule has 266 valence electrons. The summed E-state index contributed by atoms with van der Waals surface area (Å²) in [5.41, 5.74) is 13.4. The molecule has 0 aliphatic carbocycles. The van der Waals surface area contributed by atoms with Gasteiger partial charge < -0.3 is 14.5 Å². The van der Waals surface area contributed by atoms with E-state index in [2.05, 4.69) is 218 Å². The number of anilines is 6. The normalized spacial score (nSPS) is 13.4. The molecule has 0 aromatic heterocycles. The van der Waals surface area contributed by atoms with Crippen molar-refractivity contribution in [3.63, 3.8) is 0 Å². The average Bonchev–Trinajstić information content (AvgIpc) is 3.25. The molecule has 3 nitrogen and oxygen atoms in total. The fourth-order valence-electron chi connectivity index (χ4n) is 8.88. The Balaban J connectivity index is 1.13. The van der Waals surface area contributed by atoms with E-state index < -0.39 is 0 Å². The second-order valence-electron chi connectivity index (χ2n) is 15.4. The van der Waals surface area contributed by atoms with Crippen molar-refractivity contribution in [2.24, 2.45) is 0 Å². The van der Waals surface area contributed by atoms with Gasteiger partial charge in [0.15, 0.2) is 11.5 Å². The molecule has 0 spiro atoms. The van der Waals surface area contributed by atoms with E-state index in [4.69, 9.17) is 4.74 Å². The van der Waals surface area contributed by atoms with E-state index in [0.717, 1.165) is 39.9 Å². The molecule has 0 saturated heterocycles. The van der Waals surface area contributed by atoms with Gasteiger partial charge >= 0.3 is 0 Å². The molecule has 9 aromatic carbocycles. The van der Waals surface area contributed by atoms with Gasteiger partial charge in [0.2, 0.25) is 0 Å². The molecule has 0 bridgehead atoms. The number of hydrogen-bond donors (Lipinski definition) is 0. The fourth-order valence-corrected chi connectivity index (χ4v) is 8.88. The van der Waals surface area contributed by atoms with Gasteiger partial charge in [0.1, 0.15) is 0 Å². The van der Waals surface area contributed by atoms with Crippen LogP contribution >= 0.6 is 0 Å². The molecule has 56 heavy (non-hydrogen) atoms. The minimum Gasteiger partial charge on any atom is -0.453 e. The largest absolute Gasteiger partial charge is 0.453 e. The summed E-state index contributed by atoms with van der Waals surface area (Å²) in [6.07, 6.45) is 0. The van der Waals surface area contributed by atoms with Crippen LogP contribution in [0, 0.1) is 0 Å². The van der Waals surface area contributed by atoms with Crippen LogP contribution in [0.4, 0.5) is 34.1 Å². The highest BCUT2D eigenvalue weighted by Crippen LogP contribution is 2.61. The Kier molecular flexibility index (Phi) is 7.20. The zero-order valence-electron chi connectivity index (χ0n) is 31.3. The molecule has 0 atom stereocenters. The van der Waals surface area contributed by atoms with E-state index in [-0.39, 0.29) is 5.41 Å². The summed E-state index contributed by atoms with van der Waals surface area (Å²) in [4.78, 5) is 4.83. The second kappa shape index (κ2) is 12.5. The minimum atomic E-state index is -0.343. The second-order valence-corrected chi connectivity index (χ2v) is 15.4. The molecule has 0 N–H and O–H groups in total. The summed E-state index contributed by atoms with van der Waals surface area (Å²) >= 11 is 0. The quantitative estimate of drug-likeness (QED) is 0.176. The molecule has 2 aliphatic heterocycles. The fraction of sp³-hybridized carbons (Fsp3) is 0.0566. The van der Waals surface area contributed by atoms with Crippen LogP contribution in [0.1, 0.15) is 25.0 Å². The summed E-state index contributed by atoms with van der Waals surface area (Å²) in [5, 5.41) is 4.90. The maximum absolute atomic E-state index is 6.95. The Morgan fingerprint density at radius 1 is 0.393 bits per heavy atom. The lowest BCUT2D eigenvalue weighted by Gasteiger charge is -2.45. The highest BCUT2D eigenvalue weighted by Gasteiger charge is 2.42. The van der Waals surface area contributed by atoms with Gasteiger partial charge in [-0.15, -0.1) is 0 Å². The first-order chi connectivity index (χ1) is 27.5. The van der Waals surface area contributed by atoms with Gasteiger partial charge in [-0.2, -0.15) is 0 Å². The summed E-state index contributed by atoms with van der Waals surface area (Å²) in [6.45, 7) is 4.71.